The number of nitrogens with zero attached hydrogens (tertiary/aromatic N) is 1. The van der Waals surface area contributed by atoms with Gasteiger partial charge in [-0.15, -0.1) is 0 Å². The van der Waals surface area contributed by atoms with Crippen LogP contribution in [-0.2, 0) is 4.79 Å². The first-order valence-corrected chi connectivity index (χ1v) is 8.33. The molecule has 22 heavy (non-hydrogen) atoms. The van der Waals surface area contributed by atoms with Crippen molar-refractivity contribution in [1.82, 2.24) is 4.90 Å². The number of amides is 1. The van der Waals surface area contributed by atoms with E-state index in [0.717, 1.165) is 29.4 Å². The van der Waals surface area contributed by atoms with Crippen LogP contribution in [-0.4, -0.2) is 17.4 Å². The van der Waals surface area contributed by atoms with Gasteiger partial charge in [-0.3, -0.25) is 4.79 Å². The summed E-state index contributed by atoms with van der Waals surface area (Å²) >= 11 is 3.50. The Bertz CT molecular complexity index is 681. The lowest BCUT2D eigenvalue weighted by Crippen LogP contribution is -2.28. The van der Waals surface area contributed by atoms with Gasteiger partial charge in [0.05, 0.1) is 6.04 Å². The molecule has 1 fully saturated rings. The van der Waals surface area contributed by atoms with Gasteiger partial charge in [0.15, 0.2) is 0 Å². The average molecular weight is 356 g/mol. The van der Waals surface area contributed by atoms with E-state index in [9.17, 15) is 4.79 Å². The minimum atomic E-state index is 0.0853. The van der Waals surface area contributed by atoms with Crippen molar-refractivity contribution >= 4 is 27.9 Å². The standard InChI is InChI=1S/C19H18BrNO/c20-17-10-5-4-7-15(17)12-13-19(22)21-14-6-11-18(21)16-8-2-1-3-9-16/h1-5,7-10,12-13,18H,6,11,14H2. The Hall–Kier alpha value is -1.87. The number of benzene rings is 2. The normalized spacial score (nSPS) is 18.0. The number of rotatable bonds is 3. The van der Waals surface area contributed by atoms with Crippen LogP contribution in [0.1, 0.15) is 30.0 Å². The van der Waals surface area contributed by atoms with Crippen molar-refractivity contribution in [3.63, 3.8) is 0 Å². The molecule has 112 valence electrons. The molecule has 3 rings (SSSR count). The molecule has 0 spiro atoms. The predicted octanol–water partition coefficient (Wildman–Crippen LogP) is 4.83. The van der Waals surface area contributed by atoms with Gasteiger partial charge in [0, 0.05) is 17.1 Å². The lowest BCUT2D eigenvalue weighted by molar-refractivity contribution is -0.126. The summed E-state index contributed by atoms with van der Waals surface area (Å²) in [6, 6.07) is 18.4. The summed E-state index contributed by atoms with van der Waals surface area (Å²) in [5.41, 5.74) is 2.24. The topological polar surface area (TPSA) is 20.3 Å². The highest BCUT2D eigenvalue weighted by molar-refractivity contribution is 9.10. The predicted molar refractivity (Wildman–Crippen MR) is 93.3 cm³/mol. The number of halogens is 1. The van der Waals surface area contributed by atoms with E-state index in [1.807, 2.05) is 53.4 Å². The fourth-order valence-corrected chi connectivity index (χ4v) is 3.34. The molecule has 1 amide bonds. The van der Waals surface area contributed by atoms with Crippen molar-refractivity contribution in [2.45, 2.75) is 18.9 Å². The number of carbonyl (C=O) groups is 1. The van der Waals surface area contributed by atoms with Gasteiger partial charge in [-0.05, 0) is 36.1 Å². The van der Waals surface area contributed by atoms with Crippen molar-refractivity contribution in [3.05, 3.63) is 76.3 Å². The van der Waals surface area contributed by atoms with Crippen LogP contribution >= 0.6 is 15.9 Å². The van der Waals surface area contributed by atoms with Crippen LogP contribution in [0.5, 0.6) is 0 Å². The highest BCUT2D eigenvalue weighted by atomic mass is 79.9. The molecular weight excluding hydrogens is 338 g/mol. The minimum Gasteiger partial charge on any atom is -0.332 e. The van der Waals surface area contributed by atoms with E-state index in [-0.39, 0.29) is 11.9 Å². The maximum absolute atomic E-state index is 12.5. The van der Waals surface area contributed by atoms with Crippen molar-refractivity contribution in [2.75, 3.05) is 6.54 Å². The fraction of sp³-hybridized carbons (Fsp3) is 0.211. The highest BCUT2D eigenvalue weighted by Gasteiger charge is 2.28. The van der Waals surface area contributed by atoms with Crippen LogP contribution in [0.4, 0.5) is 0 Å². The number of hydrogen-bond acceptors (Lipinski definition) is 1. The summed E-state index contributed by atoms with van der Waals surface area (Å²) in [4.78, 5) is 14.5. The summed E-state index contributed by atoms with van der Waals surface area (Å²) in [6.07, 6.45) is 5.67. The molecule has 0 saturated carbocycles. The first-order valence-electron chi connectivity index (χ1n) is 7.54. The second kappa shape index (κ2) is 6.93. The van der Waals surface area contributed by atoms with Crippen molar-refractivity contribution in [2.24, 2.45) is 0 Å². The molecule has 2 aromatic carbocycles. The van der Waals surface area contributed by atoms with Crippen LogP contribution in [0.15, 0.2) is 65.1 Å². The molecule has 1 saturated heterocycles. The van der Waals surface area contributed by atoms with E-state index in [1.54, 1.807) is 6.08 Å². The minimum absolute atomic E-state index is 0.0853. The van der Waals surface area contributed by atoms with Crippen LogP contribution < -0.4 is 0 Å². The second-order valence-electron chi connectivity index (χ2n) is 5.46. The van der Waals surface area contributed by atoms with Crippen LogP contribution in [0.25, 0.3) is 6.08 Å². The number of carbonyl (C=O) groups excluding carboxylic acids is 1. The first kappa shape index (κ1) is 15.0. The van der Waals surface area contributed by atoms with E-state index < -0.39 is 0 Å². The summed E-state index contributed by atoms with van der Waals surface area (Å²) in [5.74, 6) is 0.0853. The lowest BCUT2D eigenvalue weighted by Gasteiger charge is -2.23. The lowest BCUT2D eigenvalue weighted by atomic mass is 10.0. The molecule has 0 aromatic heterocycles. The smallest absolute Gasteiger partial charge is 0.247 e. The Morgan fingerprint density at radius 2 is 1.82 bits per heavy atom. The van der Waals surface area contributed by atoms with Gasteiger partial charge in [0.1, 0.15) is 0 Å². The third-order valence-electron chi connectivity index (χ3n) is 4.03. The van der Waals surface area contributed by atoms with Gasteiger partial charge in [-0.1, -0.05) is 64.5 Å². The third kappa shape index (κ3) is 3.30. The fourth-order valence-electron chi connectivity index (χ4n) is 2.92. The molecule has 1 aliphatic rings. The molecule has 3 heteroatoms. The van der Waals surface area contributed by atoms with E-state index >= 15 is 0 Å². The average Bonchev–Trinajstić information content (AvgIpc) is 3.04. The van der Waals surface area contributed by atoms with Gasteiger partial charge in [0.2, 0.25) is 5.91 Å². The van der Waals surface area contributed by atoms with Crippen LogP contribution in [0.2, 0.25) is 0 Å². The SMILES string of the molecule is O=C(C=Cc1ccccc1Br)N1CCCC1c1ccccc1. The van der Waals surface area contributed by atoms with E-state index in [2.05, 4.69) is 28.1 Å². The quantitative estimate of drug-likeness (QED) is 0.722. The van der Waals surface area contributed by atoms with Gasteiger partial charge in [-0.2, -0.15) is 0 Å². The molecule has 2 nitrogen and oxygen atoms in total. The van der Waals surface area contributed by atoms with Gasteiger partial charge in [-0.25, -0.2) is 0 Å². The van der Waals surface area contributed by atoms with Crippen LogP contribution in [0, 0.1) is 0 Å². The molecule has 0 radical (unpaired) electrons. The summed E-state index contributed by atoms with van der Waals surface area (Å²) in [7, 11) is 0. The molecule has 1 unspecified atom stereocenters. The van der Waals surface area contributed by atoms with Crippen molar-refractivity contribution < 1.29 is 4.79 Å². The van der Waals surface area contributed by atoms with E-state index in [0.29, 0.717) is 0 Å². The number of likely N-dealkylation sites (tertiary alicyclic amines) is 1. The molecule has 0 aliphatic carbocycles. The molecule has 0 bridgehead atoms. The van der Waals surface area contributed by atoms with E-state index in [1.165, 1.54) is 5.56 Å². The third-order valence-corrected chi connectivity index (χ3v) is 4.75. The molecule has 0 N–H and O–H groups in total. The first-order chi connectivity index (χ1) is 10.8. The Morgan fingerprint density at radius 3 is 2.59 bits per heavy atom. The van der Waals surface area contributed by atoms with Gasteiger partial charge in [0.25, 0.3) is 0 Å². The monoisotopic (exact) mass is 355 g/mol. The summed E-state index contributed by atoms with van der Waals surface area (Å²) in [5, 5.41) is 0. The van der Waals surface area contributed by atoms with Gasteiger partial charge >= 0.3 is 0 Å². The Morgan fingerprint density at radius 1 is 1.09 bits per heavy atom. The summed E-state index contributed by atoms with van der Waals surface area (Å²) < 4.78 is 1.00. The molecule has 1 heterocycles. The largest absolute Gasteiger partial charge is 0.332 e. The molecular formula is C19H18BrNO. The zero-order chi connectivity index (χ0) is 15.4. The zero-order valence-corrected chi connectivity index (χ0v) is 13.9. The zero-order valence-electron chi connectivity index (χ0n) is 12.3. The Balaban J connectivity index is 1.76. The second-order valence-corrected chi connectivity index (χ2v) is 6.31. The maximum atomic E-state index is 12.5. The molecule has 1 atom stereocenters. The van der Waals surface area contributed by atoms with Gasteiger partial charge < -0.3 is 4.90 Å². The Kier molecular flexibility index (Phi) is 4.74. The highest BCUT2D eigenvalue weighted by Crippen LogP contribution is 2.32. The molecule has 1 aliphatic heterocycles. The summed E-state index contributed by atoms with van der Waals surface area (Å²) in [6.45, 7) is 0.832. The molecule has 2 aromatic rings. The van der Waals surface area contributed by atoms with Crippen molar-refractivity contribution in [1.29, 1.82) is 0 Å². The van der Waals surface area contributed by atoms with E-state index in [4.69, 9.17) is 0 Å². The maximum Gasteiger partial charge on any atom is 0.247 e. The Labute approximate surface area is 139 Å². The van der Waals surface area contributed by atoms with Crippen LogP contribution in [0.3, 0.4) is 0 Å². The van der Waals surface area contributed by atoms with Crippen molar-refractivity contribution in [3.8, 4) is 0 Å². The number of hydrogen-bond donors (Lipinski definition) is 0.